The maximum Gasteiger partial charge on any atom is 0.237 e. The first-order valence-corrected chi connectivity index (χ1v) is 8.70. The minimum Gasteiger partial charge on any atom is -0.336 e. The van der Waals surface area contributed by atoms with Crippen LogP contribution < -0.4 is 0 Å². The number of rotatable bonds is 2. The molecule has 0 bridgehead atoms. The Bertz CT molecular complexity index is 1080. The number of nitrogens with zero attached hydrogens (tertiary/aromatic N) is 5. The summed E-state index contributed by atoms with van der Waals surface area (Å²) in [5, 5.41) is 5.83. The van der Waals surface area contributed by atoms with Crippen molar-refractivity contribution in [3.8, 4) is 11.3 Å². The van der Waals surface area contributed by atoms with Gasteiger partial charge in [0.05, 0.1) is 28.2 Å². The maximum atomic E-state index is 11.7. The summed E-state index contributed by atoms with van der Waals surface area (Å²) in [7, 11) is 0.753. The number of fused-ring (bicyclic) bond motifs is 2. The van der Waals surface area contributed by atoms with E-state index in [-0.39, 0.29) is 0 Å². The lowest BCUT2D eigenvalue weighted by molar-refractivity contribution is 0.672. The van der Waals surface area contributed by atoms with E-state index in [9.17, 15) is 4.21 Å². The third-order valence-corrected chi connectivity index (χ3v) is 4.66. The van der Waals surface area contributed by atoms with Crippen LogP contribution in [0, 0.1) is 6.92 Å². The van der Waals surface area contributed by atoms with Gasteiger partial charge in [-0.25, -0.2) is 14.5 Å². The number of hydrogen-bond acceptors (Lipinski definition) is 4. The summed E-state index contributed by atoms with van der Waals surface area (Å²) in [4.78, 5) is 8.71. The highest BCUT2D eigenvalue weighted by Gasteiger charge is 2.13. The molecule has 1 atom stereocenters. The molecule has 6 nitrogen and oxygen atoms in total. The third kappa shape index (κ3) is 2.16. The van der Waals surface area contributed by atoms with Gasteiger partial charge in [-0.2, -0.15) is 0 Å². The second-order valence-corrected chi connectivity index (χ2v) is 6.84. The van der Waals surface area contributed by atoms with E-state index in [0.29, 0.717) is 5.16 Å². The van der Waals surface area contributed by atoms with Crippen LogP contribution in [-0.4, -0.2) is 34.6 Å². The second kappa shape index (κ2) is 4.99. The van der Waals surface area contributed by atoms with Gasteiger partial charge in [0.15, 0.2) is 0 Å². The van der Waals surface area contributed by atoms with Gasteiger partial charge in [-0.15, -0.1) is 5.10 Å². The molecule has 0 amide bonds. The van der Waals surface area contributed by atoms with Crippen molar-refractivity contribution in [3.63, 3.8) is 0 Å². The summed E-state index contributed by atoms with van der Waals surface area (Å²) < 4.78 is 15.5. The Kier molecular flexibility index (Phi) is 3.05. The van der Waals surface area contributed by atoms with Gasteiger partial charge in [-0.3, -0.25) is 4.21 Å². The van der Waals surface area contributed by atoms with Crippen molar-refractivity contribution in [2.24, 2.45) is 7.05 Å². The molecule has 7 heteroatoms. The smallest absolute Gasteiger partial charge is 0.237 e. The lowest BCUT2D eigenvalue weighted by atomic mass is 10.1. The molecule has 0 saturated carbocycles. The van der Waals surface area contributed by atoms with Crippen LogP contribution >= 0.6 is 0 Å². The molecule has 0 radical (unpaired) electrons. The molecular weight excluding hydrogens is 310 g/mol. The Morgan fingerprint density at radius 3 is 2.78 bits per heavy atom. The quantitative estimate of drug-likeness (QED) is 0.567. The molecule has 0 N–H and O–H groups in total. The normalized spacial score (nSPS) is 13.0. The van der Waals surface area contributed by atoms with Crippen molar-refractivity contribution >= 4 is 27.3 Å². The van der Waals surface area contributed by atoms with Gasteiger partial charge in [0.1, 0.15) is 5.65 Å². The Labute approximate surface area is 135 Å². The van der Waals surface area contributed by atoms with E-state index in [1.807, 2.05) is 37.0 Å². The molecule has 0 saturated heterocycles. The first kappa shape index (κ1) is 14.1. The van der Waals surface area contributed by atoms with E-state index in [1.54, 1.807) is 17.0 Å². The summed E-state index contributed by atoms with van der Waals surface area (Å²) in [6, 6.07) is 6.18. The van der Waals surface area contributed by atoms with Crippen LogP contribution in [0.5, 0.6) is 0 Å². The predicted molar refractivity (Wildman–Crippen MR) is 89.8 cm³/mol. The summed E-state index contributed by atoms with van der Waals surface area (Å²) in [5.41, 5.74) is 4.81. The van der Waals surface area contributed by atoms with Crippen molar-refractivity contribution < 1.29 is 4.21 Å². The van der Waals surface area contributed by atoms with Crippen LogP contribution in [-0.2, 0) is 17.8 Å². The van der Waals surface area contributed by atoms with Crippen LogP contribution in [0.25, 0.3) is 27.8 Å². The molecular formula is C16H15N5OS. The largest absolute Gasteiger partial charge is 0.336 e. The number of hydrogen-bond donors (Lipinski definition) is 0. The lowest BCUT2D eigenvalue weighted by Gasteiger charge is -2.04. The number of pyridine rings is 1. The highest BCUT2D eigenvalue weighted by molar-refractivity contribution is 7.84. The van der Waals surface area contributed by atoms with Gasteiger partial charge in [-0.05, 0) is 30.7 Å². The summed E-state index contributed by atoms with van der Waals surface area (Å²) >= 11 is 0. The van der Waals surface area contributed by atoms with Crippen molar-refractivity contribution in [1.29, 1.82) is 0 Å². The maximum absolute atomic E-state index is 11.7. The molecule has 0 fully saturated rings. The van der Waals surface area contributed by atoms with Crippen LogP contribution in [0.3, 0.4) is 0 Å². The Balaban J connectivity index is 1.98. The van der Waals surface area contributed by atoms with Gasteiger partial charge in [0, 0.05) is 36.6 Å². The first-order valence-electron chi connectivity index (χ1n) is 7.15. The minimum atomic E-state index is -1.22. The molecule has 4 rings (SSSR count). The molecule has 0 aliphatic carbocycles. The van der Waals surface area contributed by atoms with E-state index >= 15 is 0 Å². The molecule has 0 aliphatic heterocycles. The fraction of sp³-hybridized carbons (Fsp3) is 0.188. The molecule has 116 valence electrons. The second-order valence-electron chi connectivity index (χ2n) is 5.57. The van der Waals surface area contributed by atoms with E-state index in [2.05, 4.69) is 27.2 Å². The average molecular weight is 325 g/mol. The van der Waals surface area contributed by atoms with E-state index < -0.39 is 10.8 Å². The van der Waals surface area contributed by atoms with E-state index in [1.165, 1.54) is 0 Å². The highest BCUT2D eigenvalue weighted by Crippen LogP contribution is 2.27. The third-order valence-electron chi connectivity index (χ3n) is 3.96. The Hall–Kier alpha value is -2.54. The van der Waals surface area contributed by atoms with Crippen molar-refractivity contribution in [3.05, 3.63) is 42.4 Å². The van der Waals surface area contributed by atoms with Crippen molar-refractivity contribution in [2.45, 2.75) is 12.1 Å². The fourth-order valence-corrected chi connectivity index (χ4v) is 3.16. The highest BCUT2D eigenvalue weighted by atomic mass is 32.2. The molecule has 4 heterocycles. The number of aromatic nitrogens is 5. The van der Waals surface area contributed by atoms with E-state index in [0.717, 1.165) is 33.4 Å². The zero-order valence-electron chi connectivity index (χ0n) is 13.0. The SMILES string of the molecule is Cc1cc(-c2cnc3c(ccn3C)c2)n2nc(S(C)=O)ncc12. The van der Waals surface area contributed by atoms with Crippen LogP contribution in [0.1, 0.15) is 5.56 Å². The molecule has 1 unspecified atom stereocenters. The molecule has 4 aromatic heterocycles. The summed E-state index contributed by atoms with van der Waals surface area (Å²) in [6.07, 6.45) is 7.13. The summed E-state index contributed by atoms with van der Waals surface area (Å²) in [6.45, 7) is 2.01. The van der Waals surface area contributed by atoms with Crippen LogP contribution in [0.4, 0.5) is 0 Å². The number of aryl methyl sites for hydroxylation is 2. The van der Waals surface area contributed by atoms with Crippen molar-refractivity contribution in [1.82, 2.24) is 24.1 Å². The standard InChI is InChI=1S/C16H15N5OS/c1-10-6-13(21-14(10)9-18-16(19-21)23(3)22)12-7-11-4-5-20(2)15(11)17-8-12/h4-9H,1-3H3. The van der Waals surface area contributed by atoms with Crippen LogP contribution in [0.2, 0.25) is 0 Å². The molecule has 4 aromatic rings. The topological polar surface area (TPSA) is 65.1 Å². The molecule has 0 spiro atoms. The lowest BCUT2D eigenvalue weighted by Crippen LogP contribution is -2.03. The summed E-state index contributed by atoms with van der Waals surface area (Å²) in [5.74, 6) is 0. The van der Waals surface area contributed by atoms with E-state index in [4.69, 9.17) is 0 Å². The zero-order valence-corrected chi connectivity index (χ0v) is 13.8. The predicted octanol–water partition coefficient (Wildman–Crippen LogP) is 2.33. The Morgan fingerprint density at radius 2 is 2.00 bits per heavy atom. The monoisotopic (exact) mass is 325 g/mol. The zero-order chi connectivity index (χ0) is 16.1. The molecule has 23 heavy (non-hydrogen) atoms. The first-order chi connectivity index (χ1) is 11.0. The molecule has 0 aromatic carbocycles. The average Bonchev–Trinajstić information content (AvgIpc) is 3.08. The fourth-order valence-electron chi connectivity index (χ4n) is 2.76. The van der Waals surface area contributed by atoms with Gasteiger partial charge in [0.2, 0.25) is 5.16 Å². The van der Waals surface area contributed by atoms with Gasteiger partial charge in [0.25, 0.3) is 0 Å². The van der Waals surface area contributed by atoms with Crippen LogP contribution in [0.15, 0.2) is 41.9 Å². The van der Waals surface area contributed by atoms with Gasteiger partial charge < -0.3 is 4.57 Å². The van der Waals surface area contributed by atoms with Gasteiger partial charge in [-0.1, -0.05) is 0 Å². The van der Waals surface area contributed by atoms with Crippen molar-refractivity contribution in [2.75, 3.05) is 6.26 Å². The molecule has 0 aliphatic rings. The Morgan fingerprint density at radius 1 is 1.17 bits per heavy atom. The van der Waals surface area contributed by atoms with Gasteiger partial charge >= 0.3 is 0 Å². The minimum absolute atomic E-state index is 0.322.